The molecule has 21 heteroatoms. The van der Waals surface area contributed by atoms with Crippen LogP contribution in [-0.2, 0) is 55.6 Å². The molecule has 0 aromatic carbocycles. The average Bonchev–Trinajstić information content (AvgIpc) is 2.88. The fraction of sp³-hybridized carbons (Fsp3) is 0.200. The van der Waals surface area contributed by atoms with Crippen LogP contribution >= 0.6 is 0 Å². The Labute approximate surface area is 162 Å². The second-order valence-electron chi connectivity index (χ2n) is 3.00. The molecule has 0 bridgehead atoms. The zero-order valence-corrected chi connectivity index (χ0v) is 17.0. The first kappa shape index (κ1) is 38.8. The van der Waals surface area contributed by atoms with Crippen LogP contribution in [0.15, 0.2) is 0 Å². The molecule has 148 valence electrons. The molecule has 2 heterocycles. The van der Waals surface area contributed by atoms with Gasteiger partial charge < -0.3 is 53.0 Å². The molecule has 0 amide bonds. The van der Waals surface area contributed by atoms with Gasteiger partial charge in [0.25, 0.3) is 0 Å². The Kier molecular flexibility index (Phi) is 25.6. The summed E-state index contributed by atoms with van der Waals surface area (Å²) in [4.78, 5) is 27.5. The van der Waals surface area contributed by atoms with Gasteiger partial charge >= 0.3 is 27.3 Å². The van der Waals surface area contributed by atoms with E-state index in [0.717, 1.165) is 0 Å². The molecule has 0 saturated carbocycles. The van der Waals surface area contributed by atoms with Gasteiger partial charge in [-0.3, -0.25) is 0 Å². The third-order valence-corrected chi connectivity index (χ3v) is 1.71. The monoisotopic (exact) mass is 494 g/mol. The second kappa shape index (κ2) is 17.2. The Morgan fingerprint density at radius 2 is 1.12 bits per heavy atom. The van der Waals surface area contributed by atoms with Gasteiger partial charge in [0, 0.05) is 6.42 Å². The molecule has 2 aromatic heterocycles. The number of nitrogens with one attached hydrogen (secondary N) is 2. The minimum absolute atomic E-state index is 0. The molecule has 0 aliphatic heterocycles. The van der Waals surface area contributed by atoms with Crippen LogP contribution in [0.2, 0.25) is 0 Å². The van der Waals surface area contributed by atoms with E-state index in [9.17, 15) is 20.2 Å². The van der Waals surface area contributed by atoms with Gasteiger partial charge in [0.1, 0.15) is 22.0 Å². The van der Waals surface area contributed by atoms with Gasteiger partial charge in [0.2, 0.25) is 0 Å². The van der Waals surface area contributed by atoms with E-state index >= 15 is 0 Å². The van der Waals surface area contributed by atoms with E-state index in [1.165, 1.54) is 0 Å². The van der Waals surface area contributed by atoms with Crippen LogP contribution in [0.5, 0.6) is 0 Å². The van der Waals surface area contributed by atoms with Crippen molar-refractivity contribution in [2.24, 2.45) is 0 Å². The Morgan fingerprint density at radius 1 is 0.808 bits per heavy atom. The number of aromatic amines is 2. The molecule has 0 atom stereocenters. The molecule has 18 N–H and O–H groups in total. The number of aromatic nitrogens is 6. The molecule has 0 saturated heterocycles. The number of nitro groups is 2. The predicted molar refractivity (Wildman–Crippen MR) is 82.3 cm³/mol. The van der Waals surface area contributed by atoms with E-state index in [2.05, 4.69) is 41.2 Å². The second-order valence-corrected chi connectivity index (χ2v) is 3.00. The van der Waals surface area contributed by atoms with Crippen LogP contribution in [0.25, 0.3) is 10.9 Å². The fourth-order valence-electron chi connectivity index (χ4n) is 1.12. The van der Waals surface area contributed by atoms with Gasteiger partial charge in [-0.05, 0) is 0 Å². The number of nitrogens with zero attached hydrogens (tertiary/aromatic N) is 8. The first-order valence-electron chi connectivity index (χ1n) is 4.57. The van der Waals surface area contributed by atoms with E-state index in [0.29, 0.717) is 0 Å². The third kappa shape index (κ3) is 11.8. The first-order chi connectivity index (χ1) is 9.02. The molecule has 0 fully saturated rings. The first-order valence-corrected chi connectivity index (χ1v) is 4.57. The molecular formula is C5H20CdN10O10+4. The van der Waals surface area contributed by atoms with Crippen molar-refractivity contribution in [2.75, 3.05) is 0 Å². The molecule has 2 aromatic rings. The van der Waals surface area contributed by atoms with E-state index in [1.807, 2.05) is 0 Å². The Bertz CT molecular complexity index is 567. The number of hydrogen-bond donors (Lipinski definition) is 2. The van der Waals surface area contributed by atoms with Crippen molar-refractivity contribution < 1.29 is 70.2 Å². The molecular weight excluding hydrogens is 473 g/mol. The van der Waals surface area contributed by atoms with Crippen LogP contribution in [0.1, 0.15) is 11.6 Å². The van der Waals surface area contributed by atoms with Crippen molar-refractivity contribution >= 4 is 11.9 Å². The van der Waals surface area contributed by atoms with Gasteiger partial charge in [-0.2, -0.15) is 0 Å². The summed E-state index contributed by atoms with van der Waals surface area (Å²) < 4.78 is 0. The van der Waals surface area contributed by atoms with Crippen LogP contribution in [0.3, 0.4) is 0 Å². The van der Waals surface area contributed by atoms with Crippen molar-refractivity contribution in [1.29, 1.82) is 0 Å². The molecule has 20 nitrogen and oxygen atoms in total. The SMILES string of the molecule is O.O.O=[N+]([O-])[N-]c1nc(Cc2n[nH]c([N-][N+](=O)[O-])n2)n[nH]1.[Cd+2].[OH3+].[OH3+].[OH3+].[OH3+]. The smallest absolute Gasteiger partial charge is 0.457 e. The van der Waals surface area contributed by atoms with Gasteiger partial charge in [-0.15, -0.1) is 0 Å². The molecule has 0 spiro atoms. The summed E-state index contributed by atoms with van der Waals surface area (Å²) in [5.74, 6) is -0.254. The normalized spacial score (nSPS) is 7.38. The molecule has 0 radical (unpaired) electrons. The maximum atomic E-state index is 10.1. The van der Waals surface area contributed by atoms with Crippen LogP contribution < -0.4 is 0 Å². The zero-order chi connectivity index (χ0) is 13.8. The number of rotatable bonds is 6. The van der Waals surface area contributed by atoms with Gasteiger partial charge in [0.05, 0.1) is 11.6 Å². The van der Waals surface area contributed by atoms with E-state index < -0.39 is 10.1 Å². The van der Waals surface area contributed by atoms with Crippen molar-refractivity contribution in [3.63, 3.8) is 0 Å². The summed E-state index contributed by atoms with van der Waals surface area (Å²) in [5, 5.41) is 30.1. The van der Waals surface area contributed by atoms with Crippen molar-refractivity contribution in [3.05, 3.63) is 42.7 Å². The van der Waals surface area contributed by atoms with E-state index in [-0.39, 0.29) is 90.1 Å². The zero-order valence-electron chi connectivity index (χ0n) is 12.9. The minimum atomic E-state index is -0.925. The molecule has 0 unspecified atom stereocenters. The number of H-pyrrole nitrogens is 2. The van der Waals surface area contributed by atoms with Crippen LogP contribution in [0, 0.1) is 20.2 Å². The minimum Gasteiger partial charge on any atom is -0.457 e. The van der Waals surface area contributed by atoms with E-state index in [1.54, 1.807) is 0 Å². The Balaban J connectivity index is -0.000000143. The molecule has 0 aliphatic rings. The topological polar surface area (TPSA) is 393 Å². The van der Waals surface area contributed by atoms with E-state index in [4.69, 9.17) is 0 Å². The maximum absolute atomic E-state index is 10.1. The molecule has 26 heavy (non-hydrogen) atoms. The van der Waals surface area contributed by atoms with Gasteiger partial charge in [0.15, 0.2) is 0 Å². The van der Waals surface area contributed by atoms with Crippen LogP contribution in [0.4, 0.5) is 11.9 Å². The summed E-state index contributed by atoms with van der Waals surface area (Å²) in [6, 6.07) is 0. The largest absolute Gasteiger partial charge is 2.00 e. The van der Waals surface area contributed by atoms with Crippen LogP contribution in [-0.4, -0.2) is 51.4 Å². The Morgan fingerprint density at radius 3 is 1.38 bits per heavy atom. The summed E-state index contributed by atoms with van der Waals surface area (Å²) in [7, 11) is 0. The van der Waals surface area contributed by atoms with Crippen molar-refractivity contribution in [3.8, 4) is 0 Å². The average molecular weight is 493 g/mol. The quantitative estimate of drug-likeness (QED) is 0.169. The Hall–Kier alpha value is -2.64. The summed E-state index contributed by atoms with van der Waals surface area (Å²) in [5.41, 5.74) is 5.81. The fourth-order valence-corrected chi connectivity index (χ4v) is 1.12. The van der Waals surface area contributed by atoms with Gasteiger partial charge in [-0.1, -0.05) is 10.9 Å². The molecule has 2 rings (SSSR count). The van der Waals surface area contributed by atoms with Gasteiger partial charge in [-0.25, -0.2) is 30.4 Å². The van der Waals surface area contributed by atoms with Crippen molar-refractivity contribution in [1.82, 2.24) is 30.4 Å². The maximum Gasteiger partial charge on any atom is 2.00 e. The predicted octanol–water partition coefficient (Wildman–Crippen LogP) is -5.43. The summed E-state index contributed by atoms with van der Waals surface area (Å²) in [6.45, 7) is 0. The number of hydrogen-bond acceptors (Lipinski definition) is 8. The summed E-state index contributed by atoms with van der Waals surface area (Å²) >= 11 is 0. The standard InChI is InChI=1S/C5H4N10O4.Cd.6H2O/c16-14(17)12-4-6-2(8-10-4)1-3-7-5(11-9-3)13-15(18)19;;;;;;;/h1H2,(H2-2,6,7,8,9,10,11,12,13);;6*1H2/q-2;+2;;;;;;/p+4. The van der Waals surface area contributed by atoms with Crippen molar-refractivity contribution in [2.45, 2.75) is 6.42 Å². The molecule has 0 aliphatic carbocycles. The third-order valence-electron chi connectivity index (χ3n) is 1.71. The summed E-state index contributed by atoms with van der Waals surface area (Å²) in [6.07, 6.45) is 0.00741.